The maximum Gasteiger partial charge on any atom is 0.0964 e. The third-order valence-electron chi connectivity index (χ3n) is 4.49. The van der Waals surface area contributed by atoms with Crippen LogP contribution in [0.25, 0.3) is 10.9 Å². The highest BCUT2D eigenvalue weighted by Gasteiger charge is 2.28. The lowest BCUT2D eigenvalue weighted by Crippen LogP contribution is -2.42. The van der Waals surface area contributed by atoms with Crippen LogP contribution in [0.1, 0.15) is 37.9 Å². The van der Waals surface area contributed by atoms with E-state index < -0.39 is 6.10 Å². The first-order valence-corrected chi connectivity index (χ1v) is 7.54. The van der Waals surface area contributed by atoms with Gasteiger partial charge in [-0.25, -0.2) is 0 Å². The Bertz CT molecular complexity index is 579. The molecule has 3 unspecified atom stereocenters. The normalized spacial score (nSPS) is 24.7. The largest absolute Gasteiger partial charge is 0.387 e. The van der Waals surface area contributed by atoms with Crippen LogP contribution in [0.5, 0.6) is 0 Å². The van der Waals surface area contributed by atoms with Crippen LogP contribution in [-0.2, 0) is 0 Å². The average molecular weight is 270 g/mol. The molecule has 3 nitrogen and oxygen atoms in total. The van der Waals surface area contributed by atoms with E-state index in [0.29, 0.717) is 0 Å². The molecule has 1 aromatic carbocycles. The molecule has 20 heavy (non-hydrogen) atoms. The number of nitrogens with zero attached hydrogens (tertiary/aromatic N) is 1. The highest BCUT2D eigenvalue weighted by Crippen LogP contribution is 2.30. The zero-order chi connectivity index (χ0) is 13.9. The van der Waals surface area contributed by atoms with Crippen molar-refractivity contribution in [2.45, 2.75) is 38.3 Å². The Hall–Kier alpha value is -1.45. The minimum atomic E-state index is -0.483. The lowest BCUT2D eigenvalue weighted by Gasteiger charge is -2.33. The van der Waals surface area contributed by atoms with Gasteiger partial charge in [0.2, 0.25) is 0 Å². The molecule has 0 aliphatic carbocycles. The van der Waals surface area contributed by atoms with E-state index in [4.69, 9.17) is 0 Å². The van der Waals surface area contributed by atoms with Gasteiger partial charge in [-0.3, -0.25) is 4.98 Å². The Kier molecular flexibility index (Phi) is 3.99. The van der Waals surface area contributed by atoms with Gasteiger partial charge in [-0.05, 0) is 31.4 Å². The van der Waals surface area contributed by atoms with Gasteiger partial charge in [0.25, 0.3) is 0 Å². The number of pyridine rings is 1. The van der Waals surface area contributed by atoms with E-state index in [1.807, 2.05) is 30.3 Å². The summed E-state index contributed by atoms with van der Waals surface area (Å²) in [5.41, 5.74) is 1.86. The van der Waals surface area contributed by atoms with E-state index >= 15 is 0 Å². The molecule has 3 heteroatoms. The molecule has 0 amide bonds. The van der Waals surface area contributed by atoms with Crippen molar-refractivity contribution in [1.82, 2.24) is 10.3 Å². The Morgan fingerprint density at radius 3 is 3.05 bits per heavy atom. The second kappa shape index (κ2) is 5.90. The summed E-state index contributed by atoms with van der Waals surface area (Å²) < 4.78 is 0. The zero-order valence-electron chi connectivity index (χ0n) is 11.9. The highest BCUT2D eigenvalue weighted by atomic mass is 16.3. The number of piperidine rings is 1. The van der Waals surface area contributed by atoms with Crippen molar-refractivity contribution in [3.05, 3.63) is 42.1 Å². The molecule has 1 fully saturated rings. The summed E-state index contributed by atoms with van der Waals surface area (Å²) in [5.74, 6) is 0.721. The minimum Gasteiger partial charge on any atom is -0.387 e. The Morgan fingerprint density at radius 1 is 1.35 bits per heavy atom. The van der Waals surface area contributed by atoms with Crippen molar-refractivity contribution < 1.29 is 5.11 Å². The van der Waals surface area contributed by atoms with Gasteiger partial charge in [-0.15, -0.1) is 0 Å². The van der Waals surface area contributed by atoms with Crippen LogP contribution in [0.2, 0.25) is 0 Å². The lowest BCUT2D eigenvalue weighted by atomic mass is 9.86. The third kappa shape index (κ3) is 2.56. The summed E-state index contributed by atoms with van der Waals surface area (Å²) in [7, 11) is 0. The van der Waals surface area contributed by atoms with Crippen molar-refractivity contribution in [2.75, 3.05) is 6.54 Å². The minimum absolute atomic E-state index is 0.140. The lowest BCUT2D eigenvalue weighted by molar-refractivity contribution is 0.0989. The molecule has 2 heterocycles. The first-order valence-electron chi connectivity index (χ1n) is 7.54. The van der Waals surface area contributed by atoms with Crippen LogP contribution < -0.4 is 5.32 Å². The number of fused-ring (bicyclic) bond motifs is 1. The van der Waals surface area contributed by atoms with E-state index in [9.17, 15) is 5.11 Å². The Morgan fingerprint density at radius 2 is 2.20 bits per heavy atom. The van der Waals surface area contributed by atoms with Crippen LogP contribution in [0.3, 0.4) is 0 Å². The summed E-state index contributed by atoms with van der Waals surface area (Å²) in [4.78, 5) is 4.45. The van der Waals surface area contributed by atoms with Crippen LogP contribution in [0.4, 0.5) is 0 Å². The number of nitrogens with one attached hydrogen (secondary N) is 1. The van der Waals surface area contributed by atoms with Gasteiger partial charge >= 0.3 is 0 Å². The van der Waals surface area contributed by atoms with Crippen molar-refractivity contribution in [1.29, 1.82) is 0 Å². The van der Waals surface area contributed by atoms with Crippen molar-refractivity contribution in [3.63, 3.8) is 0 Å². The number of aliphatic hydroxyl groups is 1. The molecule has 2 N–H and O–H groups in total. The van der Waals surface area contributed by atoms with Crippen LogP contribution in [-0.4, -0.2) is 22.7 Å². The first-order chi connectivity index (χ1) is 9.79. The predicted molar refractivity (Wildman–Crippen MR) is 81.5 cm³/mol. The molecule has 1 aliphatic heterocycles. The van der Waals surface area contributed by atoms with Crippen molar-refractivity contribution >= 4 is 10.9 Å². The second-order valence-electron chi connectivity index (χ2n) is 5.73. The molecule has 1 aliphatic rings. The summed E-state index contributed by atoms with van der Waals surface area (Å²) in [6.07, 6.45) is 4.76. The monoisotopic (exact) mass is 270 g/mol. The van der Waals surface area contributed by atoms with Crippen LogP contribution in [0.15, 0.2) is 36.5 Å². The predicted octanol–water partition coefficient (Wildman–Crippen LogP) is 3.05. The molecule has 0 saturated carbocycles. The number of hydrogen-bond acceptors (Lipinski definition) is 3. The fourth-order valence-corrected chi connectivity index (χ4v) is 3.23. The van der Waals surface area contributed by atoms with E-state index in [1.54, 1.807) is 6.20 Å². The standard InChI is InChI=1S/C17H22N2O/c1-2-12-8-10-18-15(11-12)17(20)14-7-3-5-13-6-4-9-19-16(13)14/h3-7,9,12,15,17-18,20H,2,8,10-11H2,1H3. The molecule has 106 valence electrons. The number of para-hydroxylation sites is 1. The van der Waals surface area contributed by atoms with Crippen molar-refractivity contribution in [2.24, 2.45) is 5.92 Å². The average Bonchev–Trinajstić information content (AvgIpc) is 2.53. The molecule has 2 aromatic rings. The number of rotatable bonds is 3. The van der Waals surface area contributed by atoms with Gasteiger partial charge < -0.3 is 10.4 Å². The first kappa shape index (κ1) is 13.5. The van der Waals surface area contributed by atoms with Crippen molar-refractivity contribution in [3.8, 4) is 0 Å². The van der Waals surface area contributed by atoms with E-state index in [1.165, 1.54) is 12.8 Å². The molecule has 3 atom stereocenters. The molecular weight excluding hydrogens is 248 g/mol. The molecule has 3 rings (SSSR count). The fourth-order valence-electron chi connectivity index (χ4n) is 3.23. The molecule has 1 saturated heterocycles. The molecular formula is C17H22N2O. The number of aromatic nitrogens is 1. The SMILES string of the molecule is CCC1CCNC(C(O)c2cccc3cccnc23)C1. The topological polar surface area (TPSA) is 45.1 Å². The Balaban J connectivity index is 1.90. The van der Waals surface area contributed by atoms with E-state index in [2.05, 4.69) is 17.2 Å². The van der Waals surface area contributed by atoms with Gasteiger partial charge in [0, 0.05) is 23.2 Å². The van der Waals surface area contributed by atoms with E-state index in [0.717, 1.165) is 35.3 Å². The number of benzene rings is 1. The quantitative estimate of drug-likeness (QED) is 0.901. The van der Waals surface area contributed by atoms with Gasteiger partial charge in [0.05, 0.1) is 11.6 Å². The number of aliphatic hydroxyl groups excluding tert-OH is 1. The zero-order valence-corrected chi connectivity index (χ0v) is 11.9. The maximum atomic E-state index is 10.8. The molecule has 0 radical (unpaired) electrons. The van der Waals surface area contributed by atoms with Crippen LogP contribution >= 0.6 is 0 Å². The number of hydrogen-bond donors (Lipinski definition) is 2. The Labute approximate surface area is 120 Å². The smallest absolute Gasteiger partial charge is 0.0964 e. The second-order valence-corrected chi connectivity index (χ2v) is 5.73. The molecule has 0 spiro atoms. The fraction of sp³-hybridized carbons (Fsp3) is 0.471. The highest BCUT2D eigenvalue weighted by molar-refractivity contribution is 5.81. The molecule has 0 bridgehead atoms. The van der Waals surface area contributed by atoms with Gasteiger partial charge in [0.15, 0.2) is 0 Å². The van der Waals surface area contributed by atoms with Crippen LogP contribution in [0, 0.1) is 5.92 Å². The summed E-state index contributed by atoms with van der Waals surface area (Å²) in [5, 5.41) is 15.3. The van der Waals surface area contributed by atoms with Gasteiger partial charge in [0.1, 0.15) is 0 Å². The third-order valence-corrected chi connectivity index (χ3v) is 4.49. The van der Waals surface area contributed by atoms with E-state index in [-0.39, 0.29) is 6.04 Å². The summed E-state index contributed by atoms with van der Waals surface area (Å²) in [6, 6.07) is 10.2. The van der Waals surface area contributed by atoms with Gasteiger partial charge in [-0.2, -0.15) is 0 Å². The summed E-state index contributed by atoms with van der Waals surface area (Å²) >= 11 is 0. The maximum absolute atomic E-state index is 10.8. The molecule has 1 aromatic heterocycles. The summed E-state index contributed by atoms with van der Waals surface area (Å²) in [6.45, 7) is 3.23. The van der Waals surface area contributed by atoms with Gasteiger partial charge in [-0.1, -0.05) is 37.6 Å².